The number of aromatic nitrogens is 1. The van der Waals surface area contributed by atoms with E-state index in [4.69, 9.17) is 0 Å². The van der Waals surface area contributed by atoms with E-state index in [1.54, 1.807) is 18.2 Å². The van der Waals surface area contributed by atoms with Gasteiger partial charge in [-0.2, -0.15) is 0 Å². The number of carbonyl (C=O) groups is 1. The van der Waals surface area contributed by atoms with Crippen LogP contribution in [0, 0.1) is 13.2 Å². The number of nitrogens with one attached hydrogen (secondary N) is 2. The predicted molar refractivity (Wildman–Crippen MR) is 91.1 cm³/mol. The highest BCUT2D eigenvalue weighted by Gasteiger charge is 2.29. The molecule has 0 fully saturated rings. The summed E-state index contributed by atoms with van der Waals surface area (Å²) in [7, 11) is 0. The van der Waals surface area contributed by atoms with Crippen LogP contribution in [0.25, 0.3) is 10.9 Å². The molecule has 1 aliphatic rings. The van der Waals surface area contributed by atoms with Crippen molar-refractivity contribution in [1.82, 2.24) is 10.3 Å². The van der Waals surface area contributed by atoms with Crippen molar-refractivity contribution in [2.45, 2.75) is 18.9 Å². The van der Waals surface area contributed by atoms with Gasteiger partial charge >= 0.3 is 0 Å². The minimum atomic E-state index is -0.397. The molecule has 4 heteroatoms. The monoisotopic (exact) mass is 320 g/mol. The smallest absolute Gasteiger partial charge is 0.160 e. The Morgan fingerprint density at radius 3 is 2.71 bits per heavy atom. The number of aromatic amines is 1. The quantitative estimate of drug-likeness (QED) is 0.777. The Balaban J connectivity index is 0.00000169. The van der Waals surface area contributed by atoms with Gasteiger partial charge in [0.2, 0.25) is 0 Å². The van der Waals surface area contributed by atoms with E-state index in [9.17, 15) is 9.18 Å². The van der Waals surface area contributed by atoms with Crippen LogP contribution in [0.15, 0.2) is 48.5 Å². The average molecular weight is 320 g/mol. The summed E-state index contributed by atoms with van der Waals surface area (Å²) >= 11 is 0. The highest BCUT2D eigenvalue weighted by molar-refractivity contribution is 5.92. The Labute approximate surface area is 140 Å². The molecule has 3 aromatic rings. The van der Waals surface area contributed by atoms with Crippen LogP contribution in [0.4, 0.5) is 4.39 Å². The lowest BCUT2D eigenvalue weighted by Crippen LogP contribution is -2.36. The number of benzene rings is 2. The SMILES string of the molecule is O=C(Cc1ccccc1F)C1NCCc2c1[nH]c1ccccc21.[C]. The van der Waals surface area contributed by atoms with E-state index in [-0.39, 0.29) is 25.4 Å². The number of fused-ring (bicyclic) bond motifs is 3. The van der Waals surface area contributed by atoms with E-state index < -0.39 is 6.04 Å². The number of hydrogen-bond acceptors (Lipinski definition) is 2. The van der Waals surface area contributed by atoms with E-state index in [0.29, 0.717) is 5.56 Å². The second-order valence-corrected chi connectivity index (χ2v) is 5.93. The Kier molecular flexibility index (Phi) is 4.49. The number of carbonyl (C=O) groups excluding carboxylic acids is 1. The third-order valence-electron chi connectivity index (χ3n) is 4.50. The second-order valence-electron chi connectivity index (χ2n) is 5.93. The van der Waals surface area contributed by atoms with Gasteiger partial charge in [-0.15, -0.1) is 0 Å². The van der Waals surface area contributed by atoms with Gasteiger partial charge in [-0.1, -0.05) is 36.4 Å². The molecule has 0 bridgehead atoms. The van der Waals surface area contributed by atoms with Crippen molar-refractivity contribution in [3.05, 3.63) is 78.6 Å². The maximum atomic E-state index is 13.8. The van der Waals surface area contributed by atoms with Crippen molar-refractivity contribution in [3.8, 4) is 0 Å². The average Bonchev–Trinajstić information content (AvgIpc) is 2.95. The van der Waals surface area contributed by atoms with Gasteiger partial charge in [0.05, 0.1) is 0 Å². The van der Waals surface area contributed by atoms with Crippen LogP contribution < -0.4 is 5.32 Å². The van der Waals surface area contributed by atoms with Crippen LogP contribution in [0.1, 0.15) is 22.9 Å². The molecule has 1 aromatic heterocycles. The summed E-state index contributed by atoms with van der Waals surface area (Å²) in [4.78, 5) is 16.1. The fourth-order valence-electron chi connectivity index (χ4n) is 3.39. The normalized spacial score (nSPS) is 16.5. The van der Waals surface area contributed by atoms with E-state index in [1.165, 1.54) is 17.0 Å². The first-order valence-electron chi connectivity index (χ1n) is 7.83. The standard InChI is InChI=1S/C19H17FN2O.C/c20-15-7-3-1-5-12(15)11-17(23)19-18-14(9-10-21-19)13-6-2-4-8-16(13)22-18;/h1-8,19,21-22H,9-11H2;. The maximum absolute atomic E-state index is 13.8. The highest BCUT2D eigenvalue weighted by atomic mass is 19.1. The van der Waals surface area contributed by atoms with Crippen molar-refractivity contribution in [2.75, 3.05) is 6.54 Å². The van der Waals surface area contributed by atoms with E-state index >= 15 is 0 Å². The summed E-state index contributed by atoms with van der Waals surface area (Å²) in [5.74, 6) is -0.337. The van der Waals surface area contributed by atoms with Crippen molar-refractivity contribution in [2.24, 2.45) is 0 Å². The van der Waals surface area contributed by atoms with Gasteiger partial charge in [0.15, 0.2) is 5.78 Å². The Hall–Kier alpha value is -2.46. The largest absolute Gasteiger partial charge is 0.356 e. The molecule has 0 spiro atoms. The van der Waals surface area contributed by atoms with Crippen molar-refractivity contribution < 1.29 is 9.18 Å². The molecule has 4 rings (SSSR count). The van der Waals surface area contributed by atoms with E-state index in [1.807, 2.05) is 18.2 Å². The predicted octanol–water partition coefficient (Wildman–Crippen LogP) is 3.39. The third kappa shape index (κ3) is 2.74. The molecule has 1 aliphatic heterocycles. The van der Waals surface area contributed by atoms with Gasteiger partial charge in [-0.3, -0.25) is 4.79 Å². The van der Waals surface area contributed by atoms with Gasteiger partial charge in [0, 0.05) is 37.0 Å². The summed E-state index contributed by atoms with van der Waals surface area (Å²) in [6.45, 7) is 0.753. The van der Waals surface area contributed by atoms with Crippen molar-refractivity contribution >= 4 is 16.7 Å². The molecule has 3 nitrogen and oxygen atoms in total. The molecule has 120 valence electrons. The van der Waals surface area contributed by atoms with Gasteiger partial charge in [-0.25, -0.2) is 4.39 Å². The number of para-hydroxylation sites is 1. The molecule has 2 N–H and O–H groups in total. The minimum Gasteiger partial charge on any atom is -0.356 e. The van der Waals surface area contributed by atoms with Crippen LogP contribution in [-0.2, 0) is 17.6 Å². The maximum Gasteiger partial charge on any atom is 0.160 e. The van der Waals surface area contributed by atoms with Gasteiger partial charge in [-0.05, 0) is 29.7 Å². The number of H-pyrrole nitrogens is 1. The number of rotatable bonds is 3. The lowest BCUT2D eigenvalue weighted by molar-refractivity contribution is -0.120. The number of ketones is 1. The number of hydrogen-bond donors (Lipinski definition) is 2. The molecule has 4 radical (unpaired) electrons. The summed E-state index contributed by atoms with van der Waals surface area (Å²) in [6.07, 6.45) is 0.988. The lowest BCUT2D eigenvalue weighted by Gasteiger charge is -2.23. The molecule has 2 heterocycles. The van der Waals surface area contributed by atoms with Crippen LogP contribution >= 0.6 is 0 Å². The first kappa shape index (κ1) is 16.4. The molecule has 0 saturated heterocycles. The summed E-state index contributed by atoms with van der Waals surface area (Å²) < 4.78 is 13.8. The third-order valence-corrected chi connectivity index (χ3v) is 4.50. The van der Waals surface area contributed by atoms with Crippen LogP contribution in [0.5, 0.6) is 0 Å². The summed E-state index contributed by atoms with van der Waals surface area (Å²) in [5, 5.41) is 4.45. The summed E-state index contributed by atoms with van der Waals surface area (Å²) in [6, 6.07) is 14.1. The molecule has 0 aliphatic carbocycles. The summed E-state index contributed by atoms with van der Waals surface area (Å²) in [5.41, 5.74) is 3.62. The van der Waals surface area contributed by atoms with Gasteiger partial charge in [0.25, 0.3) is 0 Å². The van der Waals surface area contributed by atoms with Gasteiger partial charge < -0.3 is 10.3 Å². The van der Waals surface area contributed by atoms with Gasteiger partial charge in [0.1, 0.15) is 11.9 Å². The van der Waals surface area contributed by atoms with E-state index in [2.05, 4.69) is 16.4 Å². The fourth-order valence-corrected chi connectivity index (χ4v) is 3.39. The topological polar surface area (TPSA) is 44.9 Å². The number of Topliss-reactive ketones (excluding diaryl/α,β-unsaturated/α-hetero) is 1. The molecule has 2 aromatic carbocycles. The fraction of sp³-hybridized carbons (Fsp3) is 0.200. The van der Waals surface area contributed by atoms with Crippen LogP contribution in [0.3, 0.4) is 0 Å². The Bertz CT molecular complexity index is 884. The Morgan fingerprint density at radius 2 is 1.88 bits per heavy atom. The van der Waals surface area contributed by atoms with Crippen molar-refractivity contribution in [1.29, 1.82) is 0 Å². The van der Waals surface area contributed by atoms with E-state index in [0.717, 1.165) is 24.2 Å². The van der Waals surface area contributed by atoms with Crippen molar-refractivity contribution in [3.63, 3.8) is 0 Å². The second kappa shape index (κ2) is 6.57. The first-order chi connectivity index (χ1) is 11.2. The number of halogens is 1. The molecular formula is C20H17FN2O. The molecule has 1 atom stereocenters. The van der Waals surface area contributed by atoms with Crippen LogP contribution in [0.2, 0.25) is 0 Å². The minimum absolute atomic E-state index is 0. The highest BCUT2D eigenvalue weighted by Crippen LogP contribution is 2.31. The lowest BCUT2D eigenvalue weighted by atomic mass is 9.94. The molecule has 1 unspecified atom stereocenters. The molecule has 0 saturated carbocycles. The molecule has 0 amide bonds. The molecule has 24 heavy (non-hydrogen) atoms. The van der Waals surface area contributed by atoms with Crippen LogP contribution in [-0.4, -0.2) is 17.3 Å². The Morgan fingerprint density at radius 1 is 1.12 bits per heavy atom. The zero-order valence-corrected chi connectivity index (χ0v) is 13.1. The zero-order chi connectivity index (χ0) is 15.8. The first-order valence-corrected chi connectivity index (χ1v) is 7.83. The molecular weight excluding hydrogens is 303 g/mol. The zero-order valence-electron chi connectivity index (χ0n) is 13.1.